The van der Waals surface area contributed by atoms with E-state index >= 15 is 0 Å². The predicted molar refractivity (Wildman–Crippen MR) is 88.8 cm³/mol. The Bertz CT molecular complexity index is 421. The fraction of sp³-hybridized carbons (Fsp3) is 0.562. The van der Waals surface area contributed by atoms with Gasteiger partial charge in [0.25, 0.3) is 0 Å². The van der Waals surface area contributed by atoms with Crippen molar-refractivity contribution >= 4 is 17.8 Å². The largest absolute Gasteiger partial charge is 0.393 e. The van der Waals surface area contributed by atoms with Gasteiger partial charge in [0.05, 0.1) is 6.10 Å². The number of carbonyl (C=O) groups is 1. The third kappa shape index (κ3) is 8.63. The monoisotopic (exact) mass is 310 g/mol. The van der Waals surface area contributed by atoms with Crippen LogP contribution in [0.5, 0.6) is 0 Å². The number of amides is 2. The van der Waals surface area contributed by atoms with Gasteiger partial charge in [-0.25, -0.2) is 4.79 Å². The minimum absolute atomic E-state index is 0.142. The van der Waals surface area contributed by atoms with Crippen molar-refractivity contribution in [1.82, 2.24) is 10.6 Å². The van der Waals surface area contributed by atoms with Crippen molar-refractivity contribution in [3.8, 4) is 0 Å². The Morgan fingerprint density at radius 3 is 2.52 bits per heavy atom. The average molecular weight is 310 g/mol. The zero-order valence-corrected chi connectivity index (χ0v) is 13.9. The van der Waals surface area contributed by atoms with Gasteiger partial charge in [-0.3, -0.25) is 0 Å². The van der Waals surface area contributed by atoms with Gasteiger partial charge in [-0.2, -0.15) is 0 Å². The van der Waals surface area contributed by atoms with Gasteiger partial charge in [0.15, 0.2) is 0 Å². The molecule has 0 saturated carbocycles. The van der Waals surface area contributed by atoms with E-state index < -0.39 is 0 Å². The topological polar surface area (TPSA) is 61.4 Å². The molecule has 0 spiro atoms. The lowest BCUT2D eigenvalue weighted by Gasteiger charge is -2.14. The van der Waals surface area contributed by atoms with Crippen LogP contribution < -0.4 is 10.6 Å². The second-order valence-electron chi connectivity index (χ2n) is 5.49. The van der Waals surface area contributed by atoms with Gasteiger partial charge in [0, 0.05) is 23.7 Å². The molecule has 5 heteroatoms. The highest BCUT2D eigenvalue weighted by Crippen LogP contribution is 2.17. The maximum Gasteiger partial charge on any atom is 0.314 e. The summed E-state index contributed by atoms with van der Waals surface area (Å²) in [7, 11) is 0. The van der Waals surface area contributed by atoms with E-state index in [-0.39, 0.29) is 18.1 Å². The molecule has 2 unspecified atom stereocenters. The van der Waals surface area contributed by atoms with Crippen molar-refractivity contribution in [3.63, 3.8) is 0 Å². The van der Waals surface area contributed by atoms with Gasteiger partial charge in [0.2, 0.25) is 0 Å². The number of hydrogen-bond donors (Lipinski definition) is 3. The molecule has 0 radical (unpaired) electrons. The Balaban J connectivity index is 2.09. The minimum Gasteiger partial charge on any atom is -0.393 e. The zero-order valence-electron chi connectivity index (χ0n) is 13.1. The van der Waals surface area contributed by atoms with E-state index in [1.807, 2.05) is 6.92 Å². The SMILES string of the molecule is Cc1ccc(SCCNC(=O)NCC(C)CC(C)O)cc1. The van der Waals surface area contributed by atoms with Crippen molar-refractivity contribution < 1.29 is 9.90 Å². The molecule has 0 aromatic heterocycles. The lowest BCUT2D eigenvalue weighted by atomic mass is 10.1. The molecule has 0 aliphatic rings. The van der Waals surface area contributed by atoms with Crippen molar-refractivity contribution in [2.45, 2.75) is 38.2 Å². The van der Waals surface area contributed by atoms with E-state index in [1.54, 1.807) is 18.7 Å². The summed E-state index contributed by atoms with van der Waals surface area (Å²) in [6.07, 6.45) is 0.375. The molecule has 1 aromatic rings. The average Bonchev–Trinajstić information content (AvgIpc) is 2.42. The van der Waals surface area contributed by atoms with Crippen molar-refractivity contribution in [2.24, 2.45) is 5.92 Å². The number of urea groups is 1. The summed E-state index contributed by atoms with van der Waals surface area (Å²) in [6, 6.07) is 8.23. The molecule has 2 amide bonds. The molecule has 0 heterocycles. The Morgan fingerprint density at radius 2 is 1.90 bits per heavy atom. The molecule has 0 saturated heterocycles. The molecular weight excluding hydrogens is 284 g/mol. The molecule has 4 nitrogen and oxygen atoms in total. The van der Waals surface area contributed by atoms with Gasteiger partial charge in [-0.1, -0.05) is 24.6 Å². The summed E-state index contributed by atoms with van der Waals surface area (Å²) in [5.74, 6) is 1.12. The number of aliphatic hydroxyl groups excluding tert-OH is 1. The number of rotatable bonds is 8. The first kappa shape index (κ1) is 17.9. The summed E-state index contributed by atoms with van der Waals surface area (Å²) in [6.45, 7) is 7.06. The van der Waals surface area contributed by atoms with E-state index in [2.05, 4.69) is 41.8 Å². The molecule has 1 rings (SSSR count). The van der Waals surface area contributed by atoms with E-state index in [0.717, 1.165) is 5.75 Å². The normalized spacial score (nSPS) is 13.5. The molecule has 1 aromatic carbocycles. The lowest BCUT2D eigenvalue weighted by Crippen LogP contribution is -2.39. The Morgan fingerprint density at radius 1 is 1.24 bits per heavy atom. The van der Waals surface area contributed by atoms with Gasteiger partial charge in [-0.05, 0) is 38.3 Å². The molecular formula is C16H26N2O2S. The van der Waals surface area contributed by atoms with Gasteiger partial charge < -0.3 is 15.7 Å². The summed E-state index contributed by atoms with van der Waals surface area (Å²) in [5, 5.41) is 14.9. The van der Waals surface area contributed by atoms with Gasteiger partial charge >= 0.3 is 6.03 Å². The standard InChI is InChI=1S/C16H26N2O2S/c1-12-4-6-15(7-5-12)21-9-8-17-16(20)18-11-13(2)10-14(3)19/h4-7,13-14,19H,8-11H2,1-3H3,(H2,17,18,20). The number of aryl methyl sites for hydroxylation is 1. The van der Waals surface area contributed by atoms with Gasteiger partial charge in [0.1, 0.15) is 0 Å². The Kier molecular flexibility index (Phi) is 8.23. The van der Waals surface area contributed by atoms with Crippen molar-refractivity contribution in [1.29, 1.82) is 0 Å². The second-order valence-corrected chi connectivity index (χ2v) is 6.66. The highest BCUT2D eigenvalue weighted by molar-refractivity contribution is 7.99. The third-order valence-electron chi connectivity index (χ3n) is 3.03. The number of thioether (sulfide) groups is 1. The van der Waals surface area contributed by atoms with Crippen LogP contribution in [0, 0.1) is 12.8 Å². The van der Waals surface area contributed by atoms with Crippen LogP contribution in [0.25, 0.3) is 0 Å². The summed E-state index contributed by atoms with van der Waals surface area (Å²) < 4.78 is 0. The van der Waals surface area contributed by atoms with E-state index in [0.29, 0.717) is 19.5 Å². The second kappa shape index (κ2) is 9.68. The first-order chi connectivity index (χ1) is 9.97. The molecule has 2 atom stereocenters. The fourth-order valence-electron chi connectivity index (χ4n) is 1.96. The predicted octanol–water partition coefficient (Wildman–Crippen LogP) is 2.79. The highest BCUT2D eigenvalue weighted by Gasteiger charge is 2.07. The van der Waals surface area contributed by atoms with Crippen LogP contribution >= 0.6 is 11.8 Å². The quantitative estimate of drug-likeness (QED) is 0.511. The first-order valence-corrected chi connectivity index (χ1v) is 8.35. The van der Waals surface area contributed by atoms with Crippen LogP contribution in [0.3, 0.4) is 0 Å². The van der Waals surface area contributed by atoms with Crippen LogP contribution in [-0.2, 0) is 0 Å². The maximum atomic E-state index is 11.6. The molecule has 0 bridgehead atoms. The minimum atomic E-state index is -0.323. The summed E-state index contributed by atoms with van der Waals surface area (Å²) in [4.78, 5) is 12.8. The smallest absolute Gasteiger partial charge is 0.314 e. The van der Waals surface area contributed by atoms with Crippen molar-refractivity contribution in [2.75, 3.05) is 18.8 Å². The number of benzene rings is 1. The molecule has 118 valence electrons. The number of aliphatic hydroxyl groups is 1. The summed E-state index contributed by atoms with van der Waals surface area (Å²) >= 11 is 1.73. The Labute approximate surface area is 131 Å². The molecule has 0 aliphatic carbocycles. The fourth-order valence-corrected chi connectivity index (χ4v) is 2.73. The Hall–Kier alpha value is -1.20. The van der Waals surface area contributed by atoms with Crippen LogP contribution in [0.15, 0.2) is 29.2 Å². The zero-order chi connectivity index (χ0) is 15.7. The third-order valence-corrected chi connectivity index (χ3v) is 4.05. The molecule has 0 aliphatic heterocycles. The highest BCUT2D eigenvalue weighted by atomic mass is 32.2. The van der Waals surface area contributed by atoms with Crippen LogP contribution in [-0.4, -0.2) is 36.1 Å². The van der Waals surface area contributed by atoms with Crippen LogP contribution in [0.1, 0.15) is 25.8 Å². The van der Waals surface area contributed by atoms with E-state index in [4.69, 9.17) is 0 Å². The van der Waals surface area contributed by atoms with E-state index in [1.165, 1.54) is 10.5 Å². The van der Waals surface area contributed by atoms with Crippen LogP contribution in [0.4, 0.5) is 4.79 Å². The molecule has 0 fully saturated rings. The number of hydrogen-bond acceptors (Lipinski definition) is 3. The van der Waals surface area contributed by atoms with Crippen molar-refractivity contribution in [3.05, 3.63) is 29.8 Å². The summed E-state index contributed by atoms with van der Waals surface area (Å²) in [5.41, 5.74) is 1.25. The molecule has 3 N–H and O–H groups in total. The lowest BCUT2D eigenvalue weighted by molar-refractivity contribution is 0.163. The van der Waals surface area contributed by atoms with E-state index in [9.17, 15) is 9.90 Å². The van der Waals surface area contributed by atoms with Gasteiger partial charge in [-0.15, -0.1) is 11.8 Å². The number of nitrogens with one attached hydrogen (secondary N) is 2. The molecule has 21 heavy (non-hydrogen) atoms. The number of carbonyl (C=O) groups excluding carboxylic acids is 1. The maximum absolute atomic E-state index is 11.6. The first-order valence-electron chi connectivity index (χ1n) is 7.36. The van der Waals surface area contributed by atoms with Crippen LogP contribution in [0.2, 0.25) is 0 Å².